The fourth-order valence-electron chi connectivity index (χ4n) is 3.42. The standard InChI is InChI=1S/C24H26Cl2N2O4/c1-16-4-3-5-17(10-16)8-9-31-14-22(29)27-18-12-24(2,13-18)28-23(30)15-32-19-6-7-20(25)21(26)11-19/h3-7,10-12H,8-9,13-15H2,1-2H3,(H,27,29)(H,28,30). The van der Waals surface area contributed by atoms with Crippen LogP contribution in [0.4, 0.5) is 0 Å². The average Bonchev–Trinajstić information content (AvgIpc) is 2.71. The SMILES string of the molecule is Cc1cccc(CCOCC(=O)NC2=CC(C)(NC(=O)COc3ccc(Cl)c(Cl)c3)C2)c1. The van der Waals surface area contributed by atoms with Crippen molar-refractivity contribution < 1.29 is 19.1 Å². The molecule has 0 heterocycles. The molecule has 0 spiro atoms. The fraction of sp³-hybridized carbons (Fsp3) is 0.333. The van der Waals surface area contributed by atoms with Gasteiger partial charge in [0.25, 0.3) is 5.91 Å². The van der Waals surface area contributed by atoms with Crippen molar-refractivity contribution in [2.45, 2.75) is 32.2 Å². The molecule has 0 saturated heterocycles. The second-order valence-corrected chi connectivity index (χ2v) is 8.83. The molecule has 0 saturated carbocycles. The summed E-state index contributed by atoms with van der Waals surface area (Å²) in [5.74, 6) is -0.0318. The number of carbonyl (C=O) groups excluding carboxylic acids is 2. The van der Waals surface area contributed by atoms with Gasteiger partial charge < -0.3 is 20.1 Å². The average molecular weight is 477 g/mol. The van der Waals surface area contributed by atoms with Crippen LogP contribution in [0.1, 0.15) is 24.5 Å². The van der Waals surface area contributed by atoms with E-state index in [9.17, 15) is 9.59 Å². The highest BCUT2D eigenvalue weighted by molar-refractivity contribution is 6.42. The molecule has 0 aromatic heterocycles. The van der Waals surface area contributed by atoms with Crippen molar-refractivity contribution in [3.63, 3.8) is 0 Å². The van der Waals surface area contributed by atoms with E-state index >= 15 is 0 Å². The van der Waals surface area contributed by atoms with Crippen LogP contribution in [0.5, 0.6) is 5.75 Å². The van der Waals surface area contributed by atoms with Gasteiger partial charge in [-0.3, -0.25) is 9.59 Å². The van der Waals surface area contributed by atoms with Gasteiger partial charge in [0.05, 0.1) is 22.2 Å². The Morgan fingerprint density at radius 2 is 1.84 bits per heavy atom. The molecule has 0 aliphatic heterocycles. The molecular weight excluding hydrogens is 451 g/mol. The van der Waals surface area contributed by atoms with Gasteiger partial charge in [-0.25, -0.2) is 0 Å². The summed E-state index contributed by atoms with van der Waals surface area (Å²) in [5, 5.41) is 6.47. The molecule has 2 aromatic rings. The van der Waals surface area contributed by atoms with Crippen LogP contribution in [-0.2, 0) is 20.7 Å². The van der Waals surface area contributed by atoms with E-state index < -0.39 is 5.54 Å². The molecule has 1 aliphatic carbocycles. The van der Waals surface area contributed by atoms with Crippen LogP contribution in [0.2, 0.25) is 10.0 Å². The van der Waals surface area contributed by atoms with E-state index in [1.54, 1.807) is 18.2 Å². The molecule has 3 rings (SSSR count). The summed E-state index contributed by atoms with van der Waals surface area (Å²) >= 11 is 11.8. The van der Waals surface area contributed by atoms with Crippen LogP contribution in [0.25, 0.3) is 0 Å². The maximum Gasteiger partial charge on any atom is 0.258 e. The maximum atomic E-state index is 12.2. The minimum Gasteiger partial charge on any atom is -0.484 e. The van der Waals surface area contributed by atoms with Gasteiger partial charge in [-0.1, -0.05) is 53.0 Å². The van der Waals surface area contributed by atoms with Crippen molar-refractivity contribution in [1.82, 2.24) is 10.6 Å². The van der Waals surface area contributed by atoms with E-state index in [2.05, 4.69) is 16.7 Å². The molecule has 2 N–H and O–H groups in total. The van der Waals surface area contributed by atoms with Crippen molar-refractivity contribution in [3.05, 3.63) is 75.4 Å². The third kappa shape index (κ3) is 7.26. The predicted molar refractivity (Wildman–Crippen MR) is 125 cm³/mol. The lowest BCUT2D eigenvalue weighted by Gasteiger charge is -2.37. The lowest BCUT2D eigenvalue weighted by Crippen LogP contribution is -2.53. The van der Waals surface area contributed by atoms with Crippen molar-refractivity contribution in [1.29, 1.82) is 0 Å². The first kappa shape index (κ1) is 24.1. The van der Waals surface area contributed by atoms with Crippen molar-refractivity contribution in [2.75, 3.05) is 19.8 Å². The van der Waals surface area contributed by atoms with E-state index in [1.165, 1.54) is 11.1 Å². The van der Waals surface area contributed by atoms with Crippen molar-refractivity contribution in [3.8, 4) is 5.75 Å². The highest BCUT2D eigenvalue weighted by atomic mass is 35.5. The summed E-state index contributed by atoms with van der Waals surface area (Å²) in [7, 11) is 0. The molecule has 0 radical (unpaired) electrons. The van der Waals surface area contributed by atoms with Gasteiger partial charge >= 0.3 is 0 Å². The summed E-state index contributed by atoms with van der Waals surface area (Å²) in [4.78, 5) is 24.2. The first-order valence-electron chi connectivity index (χ1n) is 10.3. The number of halogens is 2. The van der Waals surface area contributed by atoms with Crippen LogP contribution in [0, 0.1) is 6.92 Å². The molecule has 1 unspecified atom stereocenters. The number of rotatable bonds is 10. The van der Waals surface area contributed by atoms with E-state index in [1.807, 2.05) is 38.1 Å². The van der Waals surface area contributed by atoms with Gasteiger partial charge in [-0.15, -0.1) is 0 Å². The molecule has 0 bridgehead atoms. The Morgan fingerprint density at radius 3 is 2.56 bits per heavy atom. The highest BCUT2D eigenvalue weighted by Gasteiger charge is 2.34. The summed E-state index contributed by atoms with van der Waals surface area (Å²) in [5.41, 5.74) is 2.60. The number of aryl methyl sites for hydroxylation is 1. The Morgan fingerprint density at radius 1 is 1.06 bits per heavy atom. The number of amides is 2. The zero-order valence-corrected chi connectivity index (χ0v) is 19.6. The van der Waals surface area contributed by atoms with Crippen LogP contribution < -0.4 is 15.4 Å². The summed E-state index contributed by atoms with van der Waals surface area (Å²) in [6, 6.07) is 13.0. The first-order chi connectivity index (χ1) is 15.2. The predicted octanol–water partition coefficient (Wildman–Crippen LogP) is 4.22. The third-order valence-corrected chi connectivity index (χ3v) is 5.63. The summed E-state index contributed by atoms with van der Waals surface area (Å²) in [6.07, 6.45) is 3.08. The summed E-state index contributed by atoms with van der Waals surface area (Å²) < 4.78 is 10.9. The molecule has 1 aliphatic rings. The molecule has 6 nitrogen and oxygen atoms in total. The first-order valence-corrected chi connectivity index (χ1v) is 11.0. The Hall–Kier alpha value is -2.54. The van der Waals surface area contributed by atoms with Crippen LogP contribution in [-0.4, -0.2) is 37.2 Å². The molecule has 0 fully saturated rings. The number of nitrogens with one attached hydrogen (secondary N) is 2. The van der Waals surface area contributed by atoms with Gasteiger partial charge in [0.1, 0.15) is 12.4 Å². The van der Waals surface area contributed by atoms with E-state index in [0.29, 0.717) is 28.8 Å². The van der Waals surface area contributed by atoms with Gasteiger partial charge in [0, 0.05) is 18.2 Å². The van der Waals surface area contributed by atoms with Crippen LogP contribution in [0.3, 0.4) is 0 Å². The van der Waals surface area contributed by atoms with Crippen LogP contribution >= 0.6 is 23.2 Å². The van der Waals surface area contributed by atoms with Crippen molar-refractivity contribution in [2.24, 2.45) is 0 Å². The molecule has 2 aromatic carbocycles. The smallest absolute Gasteiger partial charge is 0.258 e. The quantitative estimate of drug-likeness (QED) is 0.503. The topological polar surface area (TPSA) is 76.7 Å². The number of carbonyl (C=O) groups is 2. The lowest BCUT2D eigenvalue weighted by atomic mass is 9.84. The minimum absolute atomic E-state index is 0.0102. The second-order valence-electron chi connectivity index (χ2n) is 8.02. The normalized spacial score (nSPS) is 17.2. The summed E-state index contributed by atoms with van der Waals surface area (Å²) in [6.45, 7) is 4.23. The number of hydrogen-bond donors (Lipinski definition) is 2. The van der Waals surface area contributed by atoms with Gasteiger partial charge in [-0.05, 0) is 44.0 Å². The third-order valence-electron chi connectivity index (χ3n) is 4.89. The van der Waals surface area contributed by atoms with Crippen LogP contribution in [0.15, 0.2) is 54.2 Å². The Balaban J connectivity index is 1.34. The minimum atomic E-state index is -0.535. The van der Waals surface area contributed by atoms with Crippen molar-refractivity contribution >= 4 is 35.0 Å². The van der Waals surface area contributed by atoms with E-state index in [0.717, 1.165) is 12.1 Å². The Bertz CT molecular complexity index is 1020. The zero-order chi connectivity index (χ0) is 23.1. The monoisotopic (exact) mass is 476 g/mol. The molecule has 2 amide bonds. The zero-order valence-electron chi connectivity index (χ0n) is 18.0. The number of benzene rings is 2. The maximum absolute atomic E-state index is 12.2. The number of hydrogen-bond acceptors (Lipinski definition) is 4. The molecule has 170 valence electrons. The number of ether oxygens (including phenoxy) is 2. The van der Waals surface area contributed by atoms with E-state index in [4.69, 9.17) is 32.7 Å². The van der Waals surface area contributed by atoms with Gasteiger partial charge in [0.2, 0.25) is 5.91 Å². The fourth-order valence-corrected chi connectivity index (χ4v) is 3.71. The Labute approximate surface area is 197 Å². The molecule has 8 heteroatoms. The highest BCUT2D eigenvalue weighted by Crippen LogP contribution is 2.29. The molecule has 1 atom stereocenters. The molecule has 32 heavy (non-hydrogen) atoms. The molecular formula is C24H26Cl2N2O4. The lowest BCUT2D eigenvalue weighted by molar-refractivity contribution is -0.125. The largest absolute Gasteiger partial charge is 0.484 e. The van der Waals surface area contributed by atoms with Gasteiger partial charge in [0.15, 0.2) is 6.61 Å². The van der Waals surface area contributed by atoms with E-state index in [-0.39, 0.29) is 25.0 Å². The second kappa shape index (κ2) is 10.9. The Kier molecular flexibility index (Phi) is 8.18. The van der Waals surface area contributed by atoms with Gasteiger partial charge in [-0.2, -0.15) is 0 Å².